The first-order chi connectivity index (χ1) is 31.5. The SMILES string of the molecule is CC/C=C\C/C=C\C/C=C\C/C=C\CCCCCCC(=O)OC[C@H](COC(=O)CCCCCCCCCCCCCC)OC(=O)CCC/C=C\C/C=C\C/C=C\CCCCCCCC. The first kappa shape index (κ1) is 60.6. The van der Waals surface area contributed by atoms with Gasteiger partial charge in [-0.05, 0) is 89.9 Å². The summed E-state index contributed by atoms with van der Waals surface area (Å²) in [5.74, 6) is -0.980. The molecule has 6 nitrogen and oxygen atoms in total. The number of ether oxygens (including phenoxy) is 3. The highest BCUT2D eigenvalue weighted by atomic mass is 16.6. The van der Waals surface area contributed by atoms with Gasteiger partial charge in [-0.25, -0.2) is 0 Å². The van der Waals surface area contributed by atoms with Crippen molar-refractivity contribution in [3.05, 3.63) is 85.1 Å². The lowest BCUT2D eigenvalue weighted by Gasteiger charge is -2.18. The van der Waals surface area contributed by atoms with Crippen LogP contribution in [0, 0.1) is 0 Å². The van der Waals surface area contributed by atoms with Crippen LogP contribution in [0.2, 0.25) is 0 Å². The smallest absolute Gasteiger partial charge is 0.306 e. The van der Waals surface area contributed by atoms with Crippen LogP contribution >= 0.6 is 0 Å². The zero-order valence-corrected chi connectivity index (χ0v) is 41.8. The quantitative estimate of drug-likeness (QED) is 0.0262. The third-order valence-electron chi connectivity index (χ3n) is 11.1. The van der Waals surface area contributed by atoms with Gasteiger partial charge in [0.2, 0.25) is 0 Å². The second-order valence-corrected chi connectivity index (χ2v) is 17.4. The summed E-state index contributed by atoms with van der Waals surface area (Å²) in [7, 11) is 0. The number of hydrogen-bond donors (Lipinski definition) is 0. The number of unbranched alkanes of at least 4 members (excludes halogenated alkanes) is 22. The molecule has 366 valence electrons. The molecule has 0 unspecified atom stereocenters. The van der Waals surface area contributed by atoms with E-state index in [1.54, 1.807) is 0 Å². The van der Waals surface area contributed by atoms with E-state index in [9.17, 15) is 14.4 Å². The molecule has 1 atom stereocenters. The fourth-order valence-electron chi connectivity index (χ4n) is 7.15. The fourth-order valence-corrected chi connectivity index (χ4v) is 7.15. The van der Waals surface area contributed by atoms with Gasteiger partial charge in [-0.3, -0.25) is 14.4 Å². The minimum atomic E-state index is -0.811. The summed E-state index contributed by atoms with van der Waals surface area (Å²) in [5, 5.41) is 0. The molecule has 0 N–H and O–H groups in total. The highest BCUT2D eigenvalue weighted by Gasteiger charge is 2.19. The summed E-state index contributed by atoms with van der Waals surface area (Å²) in [4.78, 5) is 38.0. The van der Waals surface area contributed by atoms with Crippen LogP contribution in [0.1, 0.15) is 245 Å². The zero-order valence-electron chi connectivity index (χ0n) is 41.8. The van der Waals surface area contributed by atoms with Gasteiger partial charge < -0.3 is 14.2 Å². The van der Waals surface area contributed by atoms with E-state index < -0.39 is 6.10 Å². The molecule has 0 aliphatic rings. The van der Waals surface area contributed by atoms with Gasteiger partial charge in [0.05, 0.1) is 0 Å². The zero-order chi connectivity index (χ0) is 46.5. The highest BCUT2D eigenvalue weighted by Crippen LogP contribution is 2.14. The first-order valence-corrected chi connectivity index (χ1v) is 26.6. The van der Waals surface area contributed by atoms with Gasteiger partial charge in [0.15, 0.2) is 6.10 Å². The Balaban J connectivity index is 4.50. The van der Waals surface area contributed by atoms with E-state index >= 15 is 0 Å². The molecule has 0 aliphatic carbocycles. The number of allylic oxidation sites excluding steroid dienone is 14. The van der Waals surface area contributed by atoms with E-state index in [0.717, 1.165) is 96.3 Å². The van der Waals surface area contributed by atoms with Crippen LogP contribution in [0.3, 0.4) is 0 Å². The Labute approximate surface area is 395 Å². The molecule has 6 heteroatoms. The van der Waals surface area contributed by atoms with Crippen LogP contribution in [0.15, 0.2) is 85.1 Å². The van der Waals surface area contributed by atoms with Crippen molar-refractivity contribution in [1.29, 1.82) is 0 Å². The van der Waals surface area contributed by atoms with Crippen molar-refractivity contribution >= 4 is 17.9 Å². The Hall–Kier alpha value is -3.41. The van der Waals surface area contributed by atoms with E-state index in [0.29, 0.717) is 19.3 Å². The Morgan fingerprint density at radius 3 is 1.00 bits per heavy atom. The second-order valence-electron chi connectivity index (χ2n) is 17.4. The van der Waals surface area contributed by atoms with Gasteiger partial charge >= 0.3 is 17.9 Å². The standard InChI is InChI=1S/C58H98O6/c1-4-7-10-13-16-19-22-25-27-29-31-33-36-39-42-45-48-51-57(60)63-54-55(53-62-56(59)50-47-44-41-38-35-24-21-18-15-12-9-6-3)64-58(61)52-49-46-43-40-37-34-32-30-28-26-23-20-17-14-11-8-5-2/h7,10,16,19,25-28,31-34,40,43,55H,4-6,8-9,11-15,17-18,20-24,29-30,35-39,41-42,44-54H2,1-3H3/b10-7-,19-16-,27-25-,28-26-,33-31-,34-32-,43-40-/t55-/m0/s1. The summed E-state index contributed by atoms with van der Waals surface area (Å²) < 4.78 is 16.7. The van der Waals surface area contributed by atoms with Gasteiger partial charge in [0.1, 0.15) is 13.2 Å². The topological polar surface area (TPSA) is 78.9 Å². The van der Waals surface area contributed by atoms with Crippen molar-refractivity contribution in [1.82, 2.24) is 0 Å². The average molecular weight is 891 g/mol. The van der Waals surface area contributed by atoms with Crippen LogP contribution in [0.4, 0.5) is 0 Å². The largest absolute Gasteiger partial charge is 0.462 e. The molecule has 0 aliphatic heterocycles. The van der Waals surface area contributed by atoms with E-state index in [1.807, 2.05) is 0 Å². The molecular weight excluding hydrogens is 793 g/mol. The van der Waals surface area contributed by atoms with Crippen LogP contribution in [0.5, 0.6) is 0 Å². The molecule has 0 saturated carbocycles. The van der Waals surface area contributed by atoms with Gasteiger partial charge in [-0.2, -0.15) is 0 Å². The van der Waals surface area contributed by atoms with Gasteiger partial charge in [0.25, 0.3) is 0 Å². The van der Waals surface area contributed by atoms with Gasteiger partial charge in [-0.15, -0.1) is 0 Å². The summed E-state index contributed by atoms with van der Waals surface area (Å²) >= 11 is 0. The molecule has 0 amide bonds. The summed E-state index contributed by atoms with van der Waals surface area (Å²) in [6.45, 7) is 6.45. The fraction of sp³-hybridized carbons (Fsp3) is 0.707. The van der Waals surface area contributed by atoms with Crippen molar-refractivity contribution in [3.63, 3.8) is 0 Å². The minimum absolute atomic E-state index is 0.103. The monoisotopic (exact) mass is 891 g/mol. The predicted octanol–water partition coefficient (Wildman–Crippen LogP) is 17.6. The maximum Gasteiger partial charge on any atom is 0.306 e. The third-order valence-corrected chi connectivity index (χ3v) is 11.1. The van der Waals surface area contributed by atoms with Crippen LogP contribution < -0.4 is 0 Å². The molecule has 0 aromatic rings. The number of carbonyl (C=O) groups excluding carboxylic acids is 3. The van der Waals surface area contributed by atoms with Crippen molar-refractivity contribution in [3.8, 4) is 0 Å². The molecule has 0 saturated heterocycles. The summed E-state index contributed by atoms with van der Waals surface area (Å²) in [6, 6.07) is 0. The molecule has 0 bridgehead atoms. The third kappa shape index (κ3) is 49.6. The van der Waals surface area contributed by atoms with Crippen molar-refractivity contribution in [2.45, 2.75) is 252 Å². The normalized spacial score (nSPS) is 12.7. The van der Waals surface area contributed by atoms with Crippen molar-refractivity contribution in [2.24, 2.45) is 0 Å². The van der Waals surface area contributed by atoms with Crippen molar-refractivity contribution < 1.29 is 28.6 Å². The van der Waals surface area contributed by atoms with E-state index in [2.05, 4.69) is 106 Å². The molecule has 0 aromatic carbocycles. The molecule has 0 aromatic heterocycles. The lowest BCUT2D eigenvalue weighted by atomic mass is 10.0. The Kier molecular flexibility index (Phi) is 49.4. The van der Waals surface area contributed by atoms with Gasteiger partial charge in [0, 0.05) is 19.3 Å². The molecular formula is C58H98O6. The molecule has 0 heterocycles. The van der Waals surface area contributed by atoms with Crippen LogP contribution in [-0.2, 0) is 28.6 Å². The summed E-state index contributed by atoms with van der Waals surface area (Å²) in [5.41, 5.74) is 0. The predicted molar refractivity (Wildman–Crippen MR) is 274 cm³/mol. The Morgan fingerprint density at radius 1 is 0.328 bits per heavy atom. The number of rotatable bonds is 47. The van der Waals surface area contributed by atoms with Crippen LogP contribution in [0.25, 0.3) is 0 Å². The average Bonchev–Trinajstić information content (AvgIpc) is 3.29. The maximum atomic E-state index is 12.8. The van der Waals surface area contributed by atoms with Gasteiger partial charge in [-0.1, -0.05) is 221 Å². The maximum absolute atomic E-state index is 12.8. The first-order valence-electron chi connectivity index (χ1n) is 26.6. The lowest BCUT2D eigenvalue weighted by Crippen LogP contribution is -2.30. The molecule has 0 rings (SSSR count). The molecule has 64 heavy (non-hydrogen) atoms. The van der Waals surface area contributed by atoms with E-state index in [-0.39, 0.29) is 37.5 Å². The van der Waals surface area contributed by atoms with Crippen LogP contribution in [-0.4, -0.2) is 37.2 Å². The Bertz CT molecular complexity index is 1250. The lowest BCUT2D eigenvalue weighted by molar-refractivity contribution is -0.167. The molecule has 0 radical (unpaired) electrons. The number of carbonyl (C=O) groups is 3. The summed E-state index contributed by atoms with van der Waals surface area (Å²) in [6.07, 6.45) is 67.1. The second kappa shape index (κ2) is 52.2. The molecule has 0 spiro atoms. The number of hydrogen-bond acceptors (Lipinski definition) is 6. The van der Waals surface area contributed by atoms with E-state index in [1.165, 1.54) is 103 Å². The number of esters is 3. The molecule has 0 fully saturated rings. The minimum Gasteiger partial charge on any atom is -0.462 e. The Morgan fingerprint density at radius 2 is 0.625 bits per heavy atom. The van der Waals surface area contributed by atoms with E-state index in [4.69, 9.17) is 14.2 Å². The highest BCUT2D eigenvalue weighted by molar-refractivity contribution is 5.71. The van der Waals surface area contributed by atoms with Crippen molar-refractivity contribution in [2.75, 3.05) is 13.2 Å².